The first kappa shape index (κ1) is 46.7. The van der Waals surface area contributed by atoms with Crippen LogP contribution in [0.3, 0.4) is 0 Å². The topological polar surface area (TPSA) is 217 Å². The molecule has 0 aliphatic heterocycles. The first-order chi connectivity index (χ1) is 30.9. The van der Waals surface area contributed by atoms with Crippen molar-refractivity contribution < 1.29 is 56.6 Å². The maximum absolute atomic E-state index is 14.1. The fraction of sp³-hybridized carbons (Fsp3) is 0.438. The minimum absolute atomic E-state index is 0.0369. The maximum atomic E-state index is 14.1. The van der Waals surface area contributed by atoms with Gasteiger partial charge in [-0.25, -0.2) is 9.36 Å². The Morgan fingerprint density at radius 3 is 2.25 bits per heavy atom. The predicted octanol–water partition coefficient (Wildman–Crippen LogP) is 7.38. The van der Waals surface area contributed by atoms with Gasteiger partial charge in [-0.1, -0.05) is 73.7 Å². The van der Waals surface area contributed by atoms with Crippen LogP contribution in [-0.2, 0) is 57.0 Å². The Bertz CT molecular complexity index is 2230. The smallest absolute Gasteiger partial charge is 0.505 e. The van der Waals surface area contributed by atoms with E-state index in [9.17, 15) is 24.1 Å². The lowest BCUT2D eigenvalue weighted by Gasteiger charge is -2.50. The summed E-state index contributed by atoms with van der Waals surface area (Å²) in [7, 11) is -3.99. The van der Waals surface area contributed by atoms with Crippen molar-refractivity contribution in [2.45, 2.75) is 77.1 Å². The van der Waals surface area contributed by atoms with Gasteiger partial charge in [0.05, 0.1) is 51.4 Å². The molecule has 0 bridgehead atoms. The number of fused-ring (bicyclic) bond motifs is 5. The monoisotopic (exact) mass is 899 g/mol. The number of ether oxygens (including phenoxy) is 4. The minimum atomic E-state index is -3.99. The average molecular weight is 900 g/mol. The highest BCUT2D eigenvalue weighted by Gasteiger charge is 2.55. The number of aromatic hydroxyl groups is 1. The van der Waals surface area contributed by atoms with Crippen LogP contribution in [0.25, 0.3) is 0 Å². The van der Waals surface area contributed by atoms with Crippen LogP contribution in [0.4, 0.5) is 5.69 Å². The van der Waals surface area contributed by atoms with Gasteiger partial charge in [0.2, 0.25) is 5.91 Å². The Hall–Kier alpha value is -5.28. The molecule has 2 amide bonds. The largest absolute Gasteiger partial charge is 0.530 e. The van der Waals surface area contributed by atoms with Crippen LogP contribution in [0.2, 0.25) is 0 Å². The number of hydrogen-bond donors (Lipinski definition) is 4. The number of phosphoric acid groups is 1. The maximum Gasteiger partial charge on any atom is 0.530 e. The fourth-order valence-electron chi connectivity index (χ4n) is 9.60. The summed E-state index contributed by atoms with van der Waals surface area (Å²) >= 11 is 0. The summed E-state index contributed by atoms with van der Waals surface area (Å²) in [6.45, 7) is 3.28. The number of aryl methyl sites for hydroxylation is 1. The number of phenols is 1. The summed E-state index contributed by atoms with van der Waals surface area (Å²) in [5.74, 6) is -0.764. The molecule has 3 aliphatic rings. The molecule has 3 aliphatic carbocycles. The number of nitrogen functional groups attached to an aromatic ring is 1. The Kier molecular flexibility index (Phi) is 15.8. The molecule has 2 saturated carbocycles. The summed E-state index contributed by atoms with van der Waals surface area (Å²) < 4.78 is 54.3. The lowest BCUT2D eigenvalue weighted by Crippen LogP contribution is -2.45. The summed E-state index contributed by atoms with van der Waals surface area (Å²) in [5.41, 5.74) is 14.7. The number of amides is 2. The Labute approximate surface area is 373 Å². The number of rotatable bonds is 22. The summed E-state index contributed by atoms with van der Waals surface area (Å²) in [6, 6.07) is 27.7. The van der Waals surface area contributed by atoms with Crippen LogP contribution in [0.5, 0.6) is 17.2 Å². The third-order valence-corrected chi connectivity index (χ3v) is 14.1. The van der Waals surface area contributed by atoms with Gasteiger partial charge in [-0.15, -0.1) is 0 Å². The van der Waals surface area contributed by atoms with Crippen LogP contribution in [0.15, 0.2) is 91.0 Å². The molecule has 5 atom stereocenters. The molecule has 4 aromatic carbocycles. The zero-order valence-electron chi connectivity index (χ0n) is 36.1. The normalized spacial score (nSPS) is 21.3. The van der Waals surface area contributed by atoms with Crippen molar-refractivity contribution in [3.8, 4) is 17.2 Å². The first-order valence-electron chi connectivity index (χ1n) is 21.9. The molecule has 5 unspecified atom stereocenters. The number of hydrogen-bond acceptors (Lipinski definition) is 13. The van der Waals surface area contributed by atoms with Gasteiger partial charge >= 0.3 is 13.8 Å². The number of phosphoric ester groups is 1. The van der Waals surface area contributed by atoms with Crippen molar-refractivity contribution in [2.24, 2.45) is 23.0 Å². The number of carbonyl (C=O) groups is 3. The van der Waals surface area contributed by atoms with E-state index in [2.05, 4.69) is 18.3 Å². The van der Waals surface area contributed by atoms with Gasteiger partial charge in [0.15, 0.2) is 5.75 Å². The first-order valence-corrected chi connectivity index (χ1v) is 23.3. The highest BCUT2D eigenvalue weighted by Crippen LogP contribution is 2.62. The van der Waals surface area contributed by atoms with Gasteiger partial charge in [0.1, 0.15) is 23.7 Å². The zero-order chi connectivity index (χ0) is 45.1. The second-order valence-corrected chi connectivity index (χ2v) is 18.4. The van der Waals surface area contributed by atoms with E-state index < -0.39 is 37.6 Å². The third kappa shape index (κ3) is 11.7. The molecule has 0 aromatic heterocycles. The van der Waals surface area contributed by atoms with Crippen molar-refractivity contribution in [1.82, 2.24) is 5.32 Å². The van der Waals surface area contributed by atoms with Gasteiger partial charge in [-0.05, 0) is 108 Å². The molecule has 0 spiro atoms. The number of carbonyl (C=O) groups excluding carboxylic acids is 3. The number of nitrogens with one attached hydrogen (secondary N) is 1. The van der Waals surface area contributed by atoms with Crippen LogP contribution in [0, 0.1) is 17.3 Å². The Balaban J connectivity index is 0.814. The van der Waals surface area contributed by atoms with Gasteiger partial charge in [0.25, 0.3) is 5.91 Å². The molecular formula is C48H58N3O12P. The zero-order valence-corrected chi connectivity index (χ0v) is 37.0. The van der Waals surface area contributed by atoms with E-state index in [1.54, 1.807) is 0 Å². The molecule has 0 radical (unpaired) electrons. The molecule has 6 N–H and O–H groups in total. The van der Waals surface area contributed by atoms with Crippen LogP contribution in [-0.4, -0.2) is 68.6 Å². The standard InChI is InChI=1S/C48H58N3O12P/c1-48-22-20-37-36-15-13-35(63-64(56,60-29-32-8-4-2-5-9-32)61-30-33-10-6-3-7-11-33)28-34(36)12-14-38(37)39(48)16-19-42(48)59-24-21-43(52)51-23-25-57-26-27-58-31-44(53)62-41-18-17-40(49)46(54)45(41)47(50)55/h2-11,13,15,17-18,28,37-39,42,54H,12,14,16,19-27,29-31,49H2,1H3,(H2,50,55)(H,51,52). The molecular weight excluding hydrogens is 842 g/mol. The Morgan fingerprint density at radius 1 is 0.844 bits per heavy atom. The van der Waals surface area contributed by atoms with E-state index >= 15 is 0 Å². The van der Waals surface area contributed by atoms with Crippen molar-refractivity contribution in [1.29, 1.82) is 0 Å². The molecule has 15 nitrogen and oxygen atoms in total. The molecule has 4 aromatic rings. The lowest BCUT2D eigenvalue weighted by atomic mass is 9.55. The van der Waals surface area contributed by atoms with Crippen LogP contribution in [0.1, 0.15) is 84.0 Å². The second kappa shape index (κ2) is 21.6. The highest BCUT2D eigenvalue weighted by molar-refractivity contribution is 7.48. The summed E-state index contributed by atoms with van der Waals surface area (Å²) in [4.78, 5) is 36.4. The quantitative estimate of drug-likeness (QED) is 0.0151. The highest BCUT2D eigenvalue weighted by atomic mass is 31.2. The van der Waals surface area contributed by atoms with Gasteiger partial charge in [-0.3, -0.25) is 18.6 Å². The molecule has 64 heavy (non-hydrogen) atoms. The number of esters is 1. The number of benzene rings is 4. The minimum Gasteiger partial charge on any atom is -0.505 e. The number of primary amides is 1. The van der Waals surface area contributed by atoms with E-state index in [-0.39, 0.29) is 68.3 Å². The third-order valence-electron chi connectivity index (χ3n) is 12.7. The van der Waals surface area contributed by atoms with Crippen molar-refractivity contribution in [2.75, 3.05) is 45.3 Å². The summed E-state index contributed by atoms with van der Waals surface area (Å²) in [6.07, 6.45) is 6.44. The van der Waals surface area contributed by atoms with Crippen molar-refractivity contribution >= 4 is 31.3 Å². The second-order valence-electron chi connectivity index (χ2n) is 16.8. The van der Waals surface area contributed by atoms with Gasteiger partial charge < -0.3 is 45.4 Å². The predicted molar refractivity (Wildman–Crippen MR) is 237 cm³/mol. The van der Waals surface area contributed by atoms with E-state index in [1.807, 2.05) is 72.8 Å². The molecule has 0 saturated heterocycles. The van der Waals surface area contributed by atoms with Crippen LogP contribution >= 0.6 is 7.82 Å². The molecule has 0 heterocycles. The van der Waals surface area contributed by atoms with Gasteiger partial charge in [-0.2, -0.15) is 0 Å². The average Bonchev–Trinajstić information content (AvgIpc) is 3.63. The van der Waals surface area contributed by atoms with Crippen LogP contribution < -0.4 is 26.0 Å². The fourth-order valence-corrected chi connectivity index (χ4v) is 10.8. The SMILES string of the molecule is CC12CCC3c4ccc(OP(=O)(OCc5ccccc5)OCc5ccccc5)cc4CCC3C1CCC2OCCC(=O)NCCOCCOCC(=O)Oc1ccc(N)c(O)c1C(N)=O. The lowest BCUT2D eigenvalue weighted by molar-refractivity contribution is -0.140. The molecule has 2 fully saturated rings. The van der Waals surface area contributed by atoms with Crippen molar-refractivity contribution in [3.63, 3.8) is 0 Å². The van der Waals surface area contributed by atoms with Gasteiger partial charge in [0, 0.05) is 13.0 Å². The number of nitrogens with two attached hydrogens (primary N) is 2. The van der Waals surface area contributed by atoms with E-state index in [0.29, 0.717) is 36.7 Å². The van der Waals surface area contributed by atoms with E-state index in [0.717, 1.165) is 49.7 Å². The van der Waals surface area contributed by atoms with E-state index in [1.165, 1.54) is 23.3 Å². The molecule has 342 valence electrons. The number of anilines is 1. The summed E-state index contributed by atoms with van der Waals surface area (Å²) in [5, 5.41) is 12.8. The van der Waals surface area contributed by atoms with E-state index in [4.69, 9.17) is 44.0 Å². The molecule has 7 rings (SSSR count). The van der Waals surface area contributed by atoms with Crippen molar-refractivity contribution in [3.05, 3.63) is 119 Å². The Morgan fingerprint density at radius 2 is 1.55 bits per heavy atom. The molecule has 16 heteroatoms.